The molecule has 1 aromatic rings. The fraction of sp³-hybridized carbons (Fsp3) is 0.757. The number of ketones is 1. The molecule has 14 nitrogen and oxygen atoms in total. The van der Waals surface area contributed by atoms with Gasteiger partial charge in [0, 0.05) is 43.4 Å². The summed E-state index contributed by atoms with van der Waals surface area (Å²) in [7, 11) is 0. The lowest BCUT2D eigenvalue weighted by Crippen LogP contribution is -2.92. The Labute approximate surface area is 295 Å². The highest BCUT2D eigenvalue weighted by Gasteiger charge is 2.92. The minimum absolute atomic E-state index is 0.168. The number of carbonyl (C=O) groups is 5. The Kier molecular flexibility index (Phi) is 8.19. The van der Waals surface area contributed by atoms with E-state index in [9.17, 15) is 29.4 Å². The van der Waals surface area contributed by atoms with Crippen LogP contribution < -0.4 is 0 Å². The van der Waals surface area contributed by atoms with Gasteiger partial charge in [0.1, 0.15) is 11.7 Å². The van der Waals surface area contributed by atoms with Crippen molar-refractivity contribution in [2.24, 2.45) is 39.4 Å². The Hall–Kier alpha value is -3.33. The third-order valence-electron chi connectivity index (χ3n) is 14.2. The molecule has 2 N–H and O–H groups in total. The molecule has 280 valence electrons. The van der Waals surface area contributed by atoms with Gasteiger partial charge in [-0.15, -0.1) is 0 Å². The van der Waals surface area contributed by atoms with Crippen molar-refractivity contribution < 1.29 is 67.0 Å². The highest BCUT2D eigenvalue weighted by atomic mass is 16.7. The largest absolute Gasteiger partial charge is 0.472 e. The molecule has 0 amide bonds. The third kappa shape index (κ3) is 4.21. The first kappa shape index (κ1) is 36.0. The maximum Gasteiger partial charge on any atom is 0.310 e. The minimum atomic E-state index is -1.66. The first-order chi connectivity index (χ1) is 23.9. The number of aliphatic hydroxyl groups is 2. The molecule has 14 heteroatoms. The van der Waals surface area contributed by atoms with Gasteiger partial charge in [0.25, 0.3) is 0 Å². The molecule has 2 saturated heterocycles. The second-order valence-corrected chi connectivity index (χ2v) is 16.3. The van der Waals surface area contributed by atoms with Crippen molar-refractivity contribution in [1.82, 2.24) is 0 Å². The van der Waals surface area contributed by atoms with Crippen LogP contribution in [0.3, 0.4) is 0 Å². The van der Waals surface area contributed by atoms with Gasteiger partial charge in [0.2, 0.25) is 6.29 Å². The fourth-order valence-electron chi connectivity index (χ4n) is 12.1. The number of furan rings is 1. The van der Waals surface area contributed by atoms with Crippen LogP contribution in [0.4, 0.5) is 0 Å². The average Bonchev–Trinajstić information content (AvgIpc) is 3.67. The van der Waals surface area contributed by atoms with Crippen LogP contribution in [-0.2, 0) is 52.4 Å². The van der Waals surface area contributed by atoms with Crippen molar-refractivity contribution >= 4 is 29.7 Å². The standard InChI is InChI=1S/C37H48O14/c1-9-16(2)31(44)50-32-33(6)22-13-24-35(8)27(36(22,15-46-32)28(43)26(47-17(3)38)30(33)49-19(5)40)25(42)29(48-18(4)39)34(7)21(20-10-11-45-14-20)12-23(41)37(34,35)51-24/h10-11,14,16,21-24,26-30,32,41,43H,9,12-13,15H2,1-8H3/t16-,21+,22+,23-,24-,26-,27+,28+,29+,30-,32+,33-,34-,35-,36+,37+/m1/s1. The molecule has 2 bridgehead atoms. The Balaban J connectivity index is 1.45. The maximum atomic E-state index is 15.5. The minimum Gasteiger partial charge on any atom is -0.472 e. The van der Waals surface area contributed by atoms with Crippen molar-refractivity contribution in [2.45, 2.75) is 129 Å². The van der Waals surface area contributed by atoms with Crippen LogP contribution in [0.1, 0.15) is 86.1 Å². The zero-order valence-electron chi connectivity index (χ0n) is 30.2. The second-order valence-electron chi connectivity index (χ2n) is 16.3. The molecule has 6 fully saturated rings. The number of ether oxygens (including phenoxy) is 6. The maximum absolute atomic E-state index is 15.5. The van der Waals surface area contributed by atoms with Crippen LogP contribution >= 0.6 is 0 Å². The molecule has 0 radical (unpaired) electrons. The molecule has 1 spiro atoms. The summed E-state index contributed by atoms with van der Waals surface area (Å²) in [6.45, 7) is 12.1. The van der Waals surface area contributed by atoms with E-state index in [1.165, 1.54) is 20.1 Å². The Morgan fingerprint density at radius 3 is 2.22 bits per heavy atom. The molecular formula is C37H48O14. The number of hydrogen-bond acceptors (Lipinski definition) is 14. The van der Waals surface area contributed by atoms with Crippen LogP contribution in [-0.4, -0.2) is 95.0 Å². The highest BCUT2D eigenvalue weighted by Crippen LogP contribution is 2.82. The molecule has 3 heterocycles. The van der Waals surface area contributed by atoms with E-state index in [2.05, 4.69) is 0 Å². The normalized spacial score (nSPS) is 48.2. The zero-order chi connectivity index (χ0) is 37.2. The van der Waals surface area contributed by atoms with Crippen molar-refractivity contribution in [3.63, 3.8) is 0 Å². The van der Waals surface area contributed by atoms with Crippen LogP contribution in [0.2, 0.25) is 0 Å². The number of esters is 4. The van der Waals surface area contributed by atoms with Gasteiger partial charge in [0.05, 0.1) is 48.1 Å². The van der Waals surface area contributed by atoms with Gasteiger partial charge >= 0.3 is 23.9 Å². The lowest BCUT2D eigenvalue weighted by molar-refractivity contribution is -0.463. The topological polar surface area (TPSA) is 194 Å². The number of Topliss-reactive ketones (excluding diaryl/α,β-unsaturated/α-hetero) is 1. The molecule has 0 aromatic carbocycles. The van der Waals surface area contributed by atoms with E-state index < -0.39 is 124 Å². The molecule has 1 aromatic heterocycles. The summed E-state index contributed by atoms with van der Waals surface area (Å²) in [5.41, 5.74) is -6.29. The van der Waals surface area contributed by atoms with Gasteiger partial charge in [-0.3, -0.25) is 24.0 Å². The van der Waals surface area contributed by atoms with Gasteiger partial charge in [0.15, 0.2) is 24.1 Å². The summed E-state index contributed by atoms with van der Waals surface area (Å²) in [5.74, 6) is -6.33. The number of carbonyl (C=O) groups excluding carboxylic acids is 5. The smallest absolute Gasteiger partial charge is 0.310 e. The molecule has 0 unspecified atom stereocenters. The Morgan fingerprint density at radius 2 is 1.63 bits per heavy atom. The summed E-state index contributed by atoms with van der Waals surface area (Å²) in [5, 5.41) is 24.9. The van der Waals surface area contributed by atoms with E-state index in [1.807, 2.05) is 13.8 Å². The first-order valence-corrected chi connectivity index (χ1v) is 17.8. The van der Waals surface area contributed by atoms with Crippen molar-refractivity contribution in [2.75, 3.05) is 6.61 Å². The monoisotopic (exact) mass is 716 g/mol. The van der Waals surface area contributed by atoms with Crippen molar-refractivity contribution in [3.8, 4) is 0 Å². The Bertz CT molecular complexity index is 1640. The van der Waals surface area contributed by atoms with Gasteiger partial charge in [-0.25, -0.2) is 0 Å². The molecule has 6 aliphatic rings. The number of aliphatic hydroxyl groups excluding tert-OH is 2. The summed E-state index contributed by atoms with van der Waals surface area (Å²) in [4.78, 5) is 67.1. The van der Waals surface area contributed by atoms with Gasteiger partial charge in [-0.05, 0) is 43.7 Å². The van der Waals surface area contributed by atoms with E-state index in [-0.39, 0.29) is 19.4 Å². The molecule has 4 aliphatic carbocycles. The van der Waals surface area contributed by atoms with Gasteiger partial charge in [-0.2, -0.15) is 0 Å². The molecule has 4 saturated carbocycles. The lowest BCUT2D eigenvalue weighted by atomic mass is 9.30. The molecule has 16 atom stereocenters. The lowest BCUT2D eigenvalue weighted by Gasteiger charge is -2.81. The SMILES string of the molecule is CC[C@@H](C)C(=O)O[C@@H]1OC[C@@]23[C@H]4C(=O)[C@H](OC(C)=O)[C@@]5(C)[C@H](c6ccoc6)C[C@@H](O)[C@]56O[C@H](C[C@H]2[C@]1(C)[C@H](OC(C)=O)[C@H](OC(C)=O)[C@@H]3O)[C@]46C. The van der Waals surface area contributed by atoms with E-state index in [0.717, 1.165) is 6.92 Å². The first-order valence-electron chi connectivity index (χ1n) is 17.8. The summed E-state index contributed by atoms with van der Waals surface area (Å²) in [6.07, 6.45) is -5.30. The predicted octanol–water partition coefficient (Wildman–Crippen LogP) is 2.60. The second kappa shape index (κ2) is 11.6. The molecule has 7 rings (SSSR count). The number of hydrogen-bond donors (Lipinski definition) is 2. The highest BCUT2D eigenvalue weighted by molar-refractivity contribution is 5.93. The summed E-state index contributed by atoms with van der Waals surface area (Å²) in [6, 6.07) is 1.75. The number of rotatable bonds is 7. The van der Waals surface area contributed by atoms with E-state index in [1.54, 1.807) is 33.1 Å². The summed E-state index contributed by atoms with van der Waals surface area (Å²) < 4.78 is 42.5. The van der Waals surface area contributed by atoms with Crippen molar-refractivity contribution in [1.29, 1.82) is 0 Å². The van der Waals surface area contributed by atoms with Crippen LogP contribution in [0.15, 0.2) is 23.0 Å². The predicted molar refractivity (Wildman–Crippen MR) is 171 cm³/mol. The van der Waals surface area contributed by atoms with Crippen molar-refractivity contribution in [3.05, 3.63) is 24.2 Å². The van der Waals surface area contributed by atoms with Gasteiger partial charge < -0.3 is 43.1 Å². The Morgan fingerprint density at radius 1 is 0.961 bits per heavy atom. The van der Waals surface area contributed by atoms with E-state index >= 15 is 4.79 Å². The average molecular weight is 717 g/mol. The van der Waals surface area contributed by atoms with Crippen LogP contribution in [0.25, 0.3) is 0 Å². The molecule has 2 aliphatic heterocycles. The summed E-state index contributed by atoms with van der Waals surface area (Å²) >= 11 is 0. The zero-order valence-corrected chi connectivity index (χ0v) is 30.2. The van der Waals surface area contributed by atoms with Crippen LogP contribution in [0, 0.1) is 39.4 Å². The van der Waals surface area contributed by atoms with Gasteiger partial charge in [-0.1, -0.05) is 27.7 Å². The molecule has 51 heavy (non-hydrogen) atoms. The van der Waals surface area contributed by atoms with E-state index in [0.29, 0.717) is 12.0 Å². The van der Waals surface area contributed by atoms with E-state index in [4.69, 9.17) is 32.8 Å². The third-order valence-corrected chi connectivity index (χ3v) is 14.2. The quantitative estimate of drug-likeness (QED) is 0.309. The van der Waals surface area contributed by atoms with Crippen LogP contribution in [0.5, 0.6) is 0 Å². The molecular weight excluding hydrogens is 668 g/mol. The fourth-order valence-corrected chi connectivity index (χ4v) is 12.1.